The highest BCUT2D eigenvalue weighted by atomic mass is 19.1. The third-order valence-electron chi connectivity index (χ3n) is 2.70. The van der Waals surface area contributed by atoms with Crippen LogP contribution in [0.5, 0.6) is 0 Å². The Hall–Kier alpha value is -1.49. The van der Waals surface area contributed by atoms with Crippen molar-refractivity contribution in [2.45, 2.75) is 18.9 Å². The molecular formula is C11H14FN3O. The molecule has 0 aliphatic carbocycles. The molecule has 2 heterocycles. The smallest absolute Gasteiger partial charge is 0.255 e. The zero-order valence-corrected chi connectivity index (χ0v) is 8.90. The van der Waals surface area contributed by atoms with Crippen LogP contribution in [0.1, 0.15) is 23.2 Å². The quantitative estimate of drug-likeness (QED) is 0.765. The molecule has 1 saturated heterocycles. The lowest BCUT2D eigenvalue weighted by molar-refractivity contribution is 0.0708. The van der Waals surface area contributed by atoms with Gasteiger partial charge in [-0.2, -0.15) is 0 Å². The van der Waals surface area contributed by atoms with Crippen molar-refractivity contribution in [2.75, 3.05) is 13.1 Å². The van der Waals surface area contributed by atoms with E-state index in [0.717, 1.165) is 19.0 Å². The molecule has 16 heavy (non-hydrogen) atoms. The minimum atomic E-state index is -0.493. The van der Waals surface area contributed by atoms with E-state index in [1.807, 2.05) is 0 Å². The van der Waals surface area contributed by atoms with E-state index in [-0.39, 0.29) is 17.5 Å². The molecule has 0 radical (unpaired) electrons. The largest absolute Gasteiger partial charge is 0.337 e. The lowest BCUT2D eigenvalue weighted by atomic mass is 10.1. The van der Waals surface area contributed by atoms with E-state index in [4.69, 9.17) is 5.73 Å². The Morgan fingerprint density at radius 3 is 3.06 bits per heavy atom. The van der Waals surface area contributed by atoms with Gasteiger partial charge in [0.05, 0.1) is 11.8 Å². The minimum absolute atomic E-state index is 0.0271. The molecule has 1 atom stereocenters. The number of amides is 1. The molecule has 4 nitrogen and oxygen atoms in total. The van der Waals surface area contributed by atoms with Crippen LogP contribution in [0.15, 0.2) is 18.5 Å². The van der Waals surface area contributed by atoms with Gasteiger partial charge in [0, 0.05) is 25.3 Å². The molecule has 2 rings (SSSR count). The molecule has 1 aromatic rings. The second kappa shape index (κ2) is 4.57. The number of pyridine rings is 1. The number of nitrogens with zero attached hydrogens (tertiary/aromatic N) is 2. The Kier molecular flexibility index (Phi) is 3.14. The van der Waals surface area contributed by atoms with Gasteiger partial charge in [-0.1, -0.05) is 0 Å². The van der Waals surface area contributed by atoms with Crippen molar-refractivity contribution in [3.63, 3.8) is 0 Å². The first kappa shape index (κ1) is 11.0. The van der Waals surface area contributed by atoms with Crippen molar-refractivity contribution in [3.8, 4) is 0 Å². The summed E-state index contributed by atoms with van der Waals surface area (Å²) in [6, 6.07) is 1.23. The molecule has 86 valence electrons. The lowest BCUT2D eigenvalue weighted by Crippen LogP contribution is -2.45. The standard InChI is InChI=1S/C11H14FN3O/c12-9-4-8(5-14-6-9)11(16)15-3-1-2-10(13)7-15/h4-6,10H,1-3,7,13H2/t10-/m0/s1. The first-order valence-corrected chi connectivity index (χ1v) is 5.32. The molecule has 0 unspecified atom stereocenters. The molecular weight excluding hydrogens is 209 g/mol. The molecule has 1 fully saturated rings. The molecule has 1 aromatic heterocycles. The minimum Gasteiger partial charge on any atom is -0.337 e. The normalized spacial score (nSPS) is 20.9. The van der Waals surface area contributed by atoms with Gasteiger partial charge in [0.25, 0.3) is 5.91 Å². The fourth-order valence-electron chi connectivity index (χ4n) is 1.91. The maximum absolute atomic E-state index is 12.9. The van der Waals surface area contributed by atoms with Gasteiger partial charge in [-0.15, -0.1) is 0 Å². The van der Waals surface area contributed by atoms with Gasteiger partial charge in [-0.3, -0.25) is 9.78 Å². The fraction of sp³-hybridized carbons (Fsp3) is 0.455. The van der Waals surface area contributed by atoms with E-state index in [9.17, 15) is 9.18 Å². The average Bonchev–Trinajstić information content (AvgIpc) is 2.28. The summed E-state index contributed by atoms with van der Waals surface area (Å²) < 4.78 is 12.9. The van der Waals surface area contributed by atoms with Gasteiger partial charge in [-0.05, 0) is 18.9 Å². The lowest BCUT2D eigenvalue weighted by Gasteiger charge is -2.30. The summed E-state index contributed by atoms with van der Waals surface area (Å²) in [6.45, 7) is 1.22. The molecule has 1 aliphatic rings. The van der Waals surface area contributed by atoms with Crippen LogP contribution in [-0.2, 0) is 0 Å². The van der Waals surface area contributed by atoms with Crippen molar-refractivity contribution < 1.29 is 9.18 Å². The second-order valence-electron chi connectivity index (χ2n) is 4.05. The highest BCUT2D eigenvalue weighted by molar-refractivity contribution is 5.94. The van der Waals surface area contributed by atoms with Crippen LogP contribution in [-0.4, -0.2) is 34.9 Å². The number of likely N-dealkylation sites (tertiary alicyclic amines) is 1. The maximum Gasteiger partial charge on any atom is 0.255 e. The number of hydrogen-bond donors (Lipinski definition) is 1. The Bertz CT molecular complexity index is 397. The highest BCUT2D eigenvalue weighted by Gasteiger charge is 2.22. The fourth-order valence-corrected chi connectivity index (χ4v) is 1.91. The molecule has 1 aliphatic heterocycles. The summed E-state index contributed by atoms with van der Waals surface area (Å²) in [5.41, 5.74) is 6.07. The number of nitrogens with two attached hydrogens (primary N) is 1. The zero-order chi connectivity index (χ0) is 11.5. The van der Waals surface area contributed by atoms with E-state index >= 15 is 0 Å². The Balaban J connectivity index is 2.12. The summed E-state index contributed by atoms with van der Waals surface area (Å²) in [6.07, 6.45) is 4.30. The summed E-state index contributed by atoms with van der Waals surface area (Å²) in [5, 5.41) is 0. The Labute approximate surface area is 93.3 Å². The van der Waals surface area contributed by atoms with Crippen molar-refractivity contribution in [1.82, 2.24) is 9.88 Å². The number of halogens is 1. The van der Waals surface area contributed by atoms with Gasteiger partial charge in [0.1, 0.15) is 5.82 Å². The first-order valence-electron chi connectivity index (χ1n) is 5.32. The van der Waals surface area contributed by atoms with Gasteiger partial charge in [0.2, 0.25) is 0 Å². The van der Waals surface area contributed by atoms with Crippen LogP contribution < -0.4 is 5.73 Å². The topological polar surface area (TPSA) is 59.2 Å². The predicted octanol–water partition coefficient (Wildman–Crippen LogP) is 0.784. The van der Waals surface area contributed by atoms with E-state index < -0.39 is 5.82 Å². The number of carbonyl (C=O) groups is 1. The van der Waals surface area contributed by atoms with E-state index in [1.54, 1.807) is 4.90 Å². The van der Waals surface area contributed by atoms with Gasteiger partial charge in [-0.25, -0.2) is 4.39 Å². The monoisotopic (exact) mass is 223 g/mol. The molecule has 0 bridgehead atoms. The molecule has 2 N–H and O–H groups in total. The maximum atomic E-state index is 12.9. The Morgan fingerprint density at radius 2 is 2.38 bits per heavy atom. The first-order chi connectivity index (χ1) is 7.66. The van der Waals surface area contributed by atoms with Crippen molar-refractivity contribution in [3.05, 3.63) is 29.8 Å². The van der Waals surface area contributed by atoms with Gasteiger partial charge < -0.3 is 10.6 Å². The third kappa shape index (κ3) is 2.36. The number of aromatic nitrogens is 1. The van der Waals surface area contributed by atoms with Crippen LogP contribution in [0.4, 0.5) is 4.39 Å². The van der Waals surface area contributed by atoms with Crippen LogP contribution in [0.25, 0.3) is 0 Å². The molecule has 1 amide bonds. The summed E-state index contributed by atoms with van der Waals surface area (Å²) in [5.74, 6) is -0.686. The third-order valence-corrected chi connectivity index (χ3v) is 2.70. The SMILES string of the molecule is N[C@H]1CCCN(C(=O)c2cncc(F)c2)C1. The second-order valence-corrected chi connectivity index (χ2v) is 4.05. The summed E-state index contributed by atoms with van der Waals surface area (Å²) in [4.78, 5) is 17.3. The highest BCUT2D eigenvalue weighted by Crippen LogP contribution is 2.12. The van der Waals surface area contributed by atoms with Gasteiger partial charge >= 0.3 is 0 Å². The molecule has 0 aromatic carbocycles. The van der Waals surface area contributed by atoms with Crippen LogP contribution in [0.3, 0.4) is 0 Å². The molecule has 5 heteroatoms. The van der Waals surface area contributed by atoms with Crippen LogP contribution in [0.2, 0.25) is 0 Å². The zero-order valence-electron chi connectivity index (χ0n) is 8.90. The van der Waals surface area contributed by atoms with E-state index in [1.165, 1.54) is 12.3 Å². The number of piperidine rings is 1. The van der Waals surface area contributed by atoms with Crippen LogP contribution in [0, 0.1) is 5.82 Å². The van der Waals surface area contributed by atoms with Crippen molar-refractivity contribution in [2.24, 2.45) is 5.73 Å². The average molecular weight is 223 g/mol. The summed E-state index contributed by atoms with van der Waals surface area (Å²) >= 11 is 0. The van der Waals surface area contributed by atoms with Gasteiger partial charge in [0.15, 0.2) is 0 Å². The predicted molar refractivity (Wildman–Crippen MR) is 57.3 cm³/mol. The van der Waals surface area contributed by atoms with Crippen molar-refractivity contribution in [1.29, 1.82) is 0 Å². The number of hydrogen-bond acceptors (Lipinski definition) is 3. The Morgan fingerprint density at radius 1 is 1.56 bits per heavy atom. The van der Waals surface area contributed by atoms with Crippen molar-refractivity contribution >= 4 is 5.91 Å². The number of carbonyl (C=O) groups excluding carboxylic acids is 1. The van der Waals surface area contributed by atoms with E-state index in [0.29, 0.717) is 13.1 Å². The summed E-state index contributed by atoms with van der Waals surface area (Å²) in [7, 11) is 0. The number of rotatable bonds is 1. The van der Waals surface area contributed by atoms with E-state index in [2.05, 4.69) is 4.98 Å². The molecule has 0 saturated carbocycles. The molecule has 0 spiro atoms. The van der Waals surface area contributed by atoms with Crippen LogP contribution >= 0.6 is 0 Å².